The molecule has 0 aromatic heterocycles. The maximum atomic E-state index is 9.49. The van der Waals surface area contributed by atoms with Crippen molar-refractivity contribution in [2.24, 2.45) is 28.9 Å². The number of rotatable bonds is 1. The van der Waals surface area contributed by atoms with Gasteiger partial charge >= 0.3 is 0 Å². The summed E-state index contributed by atoms with van der Waals surface area (Å²) in [7, 11) is 0. The van der Waals surface area contributed by atoms with Gasteiger partial charge in [-0.15, -0.1) is 0 Å². The van der Waals surface area contributed by atoms with Crippen molar-refractivity contribution in [3.05, 3.63) is 22.9 Å². The van der Waals surface area contributed by atoms with Crippen molar-refractivity contribution in [2.75, 3.05) is 0 Å². The van der Waals surface area contributed by atoms with Crippen LogP contribution in [0.3, 0.4) is 0 Å². The van der Waals surface area contributed by atoms with Gasteiger partial charge in [0.25, 0.3) is 0 Å². The minimum Gasteiger partial charge on any atom is -0.399 e. The van der Waals surface area contributed by atoms with Gasteiger partial charge in [-0.2, -0.15) is 15.8 Å². The molecule has 2 rings (SSSR count). The number of nitrogens with two attached hydrogens (primary N) is 1. The highest BCUT2D eigenvalue weighted by Gasteiger charge is 2.51. The molecular formula is C16H18N4. The van der Waals surface area contributed by atoms with Gasteiger partial charge in [0.05, 0.1) is 23.4 Å². The number of fused-ring (bicyclic) bond motifs is 1. The molecule has 2 aliphatic carbocycles. The summed E-state index contributed by atoms with van der Waals surface area (Å²) in [6.07, 6.45) is 5.02. The summed E-state index contributed by atoms with van der Waals surface area (Å²) in [4.78, 5) is 0. The number of nitrogens with zero attached hydrogens (tertiary/aromatic N) is 3. The molecule has 3 unspecified atom stereocenters. The van der Waals surface area contributed by atoms with Gasteiger partial charge in [0.2, 0.25) is 0 Å². The van der Waals surface area contributed by atoms with E-state index in [1.807, 2.05) is 6.92 Å². The molecule has 2 N–H and O–H groups in total. The average molecular weight is 266 g/mol. The molecule has 0 heterocycles. The molecule has 0 aromatic carbocycles. The summed E-state index contributed by atoms with van der Waals surface area (Å²) in [6, 6.07) is 6.26. The average Bonchev–Trinajstić information content (AvgIpc) is 2.49. The van der Waals surface area contributed by atoms with Crippen LogP contribution in [-0.2, 0) is 0 Å². The lowest BCUT2D eigenvalue weighted by atomic mass is 9.58. The Labute approximate surface area is 119 Å². The lowest BCUT2D eigenvalue weighted by molar-refractivity contribution is 0.224. The van der Waals surface area contributed by atoms with E-state index >= 15 is 0 Å². The monoisotopic (exact) mass is 266 g/mol. The molecule has 20 heavy (non-hydrogen) atoms. The molecule has 102 valence electrons. The van der Waals surface area contributed by atoms with E-state index in [0.717, 1.165) is 24.8 Å². The zero-order valence-corrected chi connectivity index (χ0v) is 11.8. The molecule has 0 radical (unpaired) electrons. The van der Waals surface area contributed by atoms with Gasteiger partial charge in [-0.3, -0.25) is 0 Å². The SMILES string of the molecule is CCC1CC=C2C(C#N)=C(N)C(C#N)(C#N)C(C)C2C1. The molecule has 4 heteroatoms. The maximum Gasteiger partial charge on any atom is 0.187 e. The van der Waals surface area contributed by atoms with Crippen LogP contribution < -0.4 is 5.73 Å². The van der Waals surface area contributed by atoms with Crippen molar-refractivity contribution >= 4 is 0 Å². The van der Waals surface area contributed by atoms with Gasteiger partial charge < -0.3 is 5.73 Å². The molecular weight excluding hydrogens is 248 g/mol. The Morgan fingerprint density at radius 2 is 2.00 bits per heavy atom. The fraction of sp³-hybridized carbons (Fsp3) is 0.562. The van der Waals surface area contributed by atoms with E-state index in [4.69, 9.17) is 5.73 Å². The second-order valence-corrected chi connectivity index (χ2v) is 5.73. The third-order valence-electron chi connectivity index (χ3n) is 4.97. The second-order valence-electron chi connectivity index (χ2n) is 5.73. The Balaban J connectivity index is 2.65. The van der Waals surface area contributed by atoms with Gasteiger partial charge in [0.1, 0.15) is 6.07 Å². The molecule has 0 aliphatic heterocycles. The largest absolute Gasteiger partial charge is 0.399 e. The third-order valence-corrected chi connectivity index (χ3v) is 4.97. The standard InChI is InChI=1S/C16H18N4/c1-3-11-4-5-12-13(6-11)10(2)16(8-18,9-19)15(20)14(12)7-17/h5,10-11,13H,3-4,6,20H2,1-2H3. The van der Waals surface area contributed by atoms with Crippen LogP contribution in [0.15, 0.2) is 22.9 Å². The van der Waals surface area contributed by atoms with Crippen molar-refractivity contribution in [2.45, 2.75) is 33.1 Å². The van der Waals surface area contributed by atoms with Gasteiger partial charge in [-0.05, 0) is 30.3 Å². The molecule has 0 saturated carbocycles. The molecule has 3 atom stereocenters. The van der Waals surface area contributed by atoms with Crippen molar-refractivity contribution in [1.82, 2.24) is 0 Å². The van der Waals surface area contributed by atoms with Crippen molar-refractivity contribution in [3.8, 4) is 18.2 Å². The molecule has 0 amide bonds. The zero-order chi connectivity index (χ0) is 14.9. The van der Waals surface area contributed by atoms with Gasteiger partial charge in [-0.1, -0.05) is 26.3 Å². The summed E-state index contributed by atoms with van der Waals surface area (Å²) < 4.78 is 0. The molecule has 2 aliphatic rings. The van der Waals surface area contributed by atoms with Crippen LogP contribution in [0.5, 0.6) is 0 Å². The first-order chi connectivity index (χ1) is 9.55. The highest BCUT2D eigenvalue weighted by molar-refractivity contribution is 5.56. The zero-order valence-electron chi connectivity index (χ0n) is 11.8. The minimum absolute atomic E-state index is 0.0787. The summed E-state index contributed by atoms with van der Waals surface area (Å²) in [5.74, 6) is 0.450. The van der Waals surface area contributed by atoms with Gasteiger partial charge in [0, 0.05) is 5.92 Å². The number of nitriles is 3. The van der Waals surface area contributed by atoms with Gasteiger partial charge in [-0.25, -0.2) is 0 Å². The fourth-order valence-corrected chi connectivity index (χ4v) is 3.50. The van der Waals surface area contributed by atoms with Gasteiger partial charge in [0.15, 0.2) is 5.41 Å². The normalized spacial score (nSPS) is 31.4. The highest BCUT2D eigenvalue weighted by Crippen LogP contribution is 2.51. The Morgan fingerprint density at radius 3 is 2.50 bits per heavy atom. The first-order valence-electron chi connectivity index (χ1n) is 6.98. The quantitative estimate of drug-likeness (QED) is 0.789. The van der Waals surface area contributed by atoms with Crippen LogP contribution in [-0.4, -0.2) is 0 Å². The smallest absolute Gasteiger partial charge is 0.187 e. The van der Waals surface area contributed by atoms with Crippen LogP contribution >= 0.6 is 0 Å². The summed E-state index contributed by atoms with van der Waals surface area (Å²) >= 11 is 0. The number of hydrogen-bond donors (Lipinski definition) is 1. The lowest BCUT2D eigenvalue weighted by Crippen LogP contribution is -2.43. The van der Waals surface area contributed by atoms with Crippen LogP contribution in [0.2, 0.25) is 0 Å². The predicted octanol–water partition coefficient (Wildman–Crippen LogP) is 2.77. The van der Waals surface area contributed by atoms with Crippen molar-refractivity contribution < 1.29 is 0 Å². The molecule has 0 fully saturated rings. The van der Waals surface area contributed by atoms with E-state index in [2.05, 4.69) is 31.2 Å². The van der Waals surface area contributed by atoms with E-state index in [1.54, 1.807) is 0 Å². The van der Waals surface area contributed by atoms with E-state index in [9.17, 15) is 15.8 Å². The summed E-state index contributed by atoms with van der Waals surface area (Å²) in [5, 5.41) is 28.4. The lowest BCUT2D eigenvalue weighted by Gasteiger charge is -2.43. The Morgan fingerprint density at radius 1 is 1.35 bits per heavy atom. The van der Waals surface area contributed by atoms with E-state index in [-0.39, 0.29) is 17.5 Å². The molecule has 0 aromatic rings. The Bertz CT molecular complexity index is 592. The maximum absolute atomic E-state index is 9.49. The predicted molar refractivity (Wildman–Crippen MR) is 74.2 cm³/mol. The van der Waals surface area contributed by atoms with E-state index in [0.29, 0.717) is 11.5 Å². The first-order valence-corrected chi connectivity index (χ1v) is 6.98. The Kier molecular flexibility index (Phi) is 3.56. The van der Waals surface area contributed by atoms with Crippen LogP contribution in [0.25, 0.3) is 0 Å². The second kappa shape index (κ2) is 5.03. The van der Waals surface area contributed by atoms with E-state index < -0.39 is 5.41 Å². The highest BCUT2D eigenvalue weighted by atomic mass is 14.7. The van der Waals surface area contributed by atoms with Crippen LogP contribution in [0.1, 0.15) is 33.1 Å². The minimum atomic E-state index is -1.37. The van der Waals surface area contributed by atoms with Crippen molar-refractivity contribution in [3.63, 3.8) is 0 Å². The van der Waals surface area contributed by atoms with E-state index in [1.165, 1.54) is 0 Å². The molecule has 4 nitrogen and oxygen atoms in total. The summed E-state index contributed by atoms with van der Waals surface area (Å²) in [5.41, 5.74) is 6.09. The van der Waals surface area contributed by atoms with Crippen molar-refractivity contribution in [1.29, 1.82) is 15.8 Å². The molecule has 0 spiro atoms. The fourth-order valence-electron chi connectivity index (χ4n) is 3.50. The number of hydrogen-bond acceptors (Lipinski definition) is 4. The summed E-state index contributed by atoms with van der Waals surface area (Å²) in [6.45, 7) is 4.05. The topological polar surface area (TPSA) is 97.4 Å². The molecule has 0 saturated heterocycles. The number of allylic oxidation sites excluding steroid dienone is 4. The molecule has 0 bridgehead atoms. The Hall–Kier alpha value is -2.25. The van der Waals surface area contributed by atoms with Crippen LogP contribution in [0.4, 0.5) is 0 Å². The first kappa shape index (κ1) is 14.2. The van der Waals surface area contributed by atoms with Crippen LogP contribution in [0, 0.1) is 57.2 Å². The third kappa shape index (κ3) is 1.71.